The first-order valence-electron chi connectivity index (χ1n) is 7.47. The van der Waals surface area contributed by atoms with Crippen LogP contribution in [0.1, 0.15) is 77.0 Å². The van der Waals surface area contributed by atoms with E-state index in [1.165, 1.54) is 19.3 Å². The third-order valence-corrected chi connectivity index (χ3v) is 3.48. The molecule has 2 heteroatoms. The van der Waals surface area contributed by atoms with Gasteiger partial charge in [-0.05, 0) is 38.5 Å². The number of ketones is 2. The highest BCUT2D eigenvalue weighted by Crippen LogP contribution is 2.11. The average Bonchev–Trinajstić information content (AvgIpc) is 2.34. The van der Waals surface area contributed by atoms with E-state index in [1.54, 1.807) is 0 Å². The SMILES string of the molecule is O=C1CCC/C=C/CCCCCCC(=O)CCC1. The van der Waals surface area contributed by atoms with Gasteiger partial charge in [-0.3, -0.25) is 9.59 Å². The van der Waals surface area contributed by atoms with E-state index in [9.17, 15) is 9.59 Å². The quantitative estimate of drug-likeness (QED) is 0.598. The van der Waals surface area contributed by atoms with Crippen LogP contribution in [0.15, 0.2) is 12.2 Å². The van der Waals surface area contributed by atoms with Gasteiger partial charge in [-0.1, -0.05) is 25.0 Å². The van der Waals surface area contributed by atoms with Gasteiger partial charge in [-0.25, -0.2) is 0 Å². The fourth-order valence-corrected chi connectivity index (χ4v) is 2.32. The highest BCUT2D eigenvalue weighted by Gasteiger charge is 2.05. The summed E-state index contributed by atoms with van der Waals surface area (Å²) in [5.41, 5.74) is 0. The van der Waals surface area contributed by atoms with Crippen LogP contribution in [0.3, 0.4) is 0 Å². The molecule has 0 saturated heterocycles. The molecule has 0 aromatic rings. The molecule has 1 rings (SSSR count). The van der Waals surface area contributed by atoms with E-state index in [-0.39, 0.29) is 0 Å². The maximum atomic E-state index is 11.6. The molecular weight excluding hydrogens is 224 g/mol. The van der Waals surface area contributed by atoms with Gasteiger partial charge in [0.25, 0.3) is 0 Å². The number of hydrogen-bond acceptors (Lipinski definition) is 2. The van der Waals surface area contributed by atoms with Crippen LogP contribution in [0.5, 0.6) is 0 Å². The van der Waals surface area contributed by atoms with Crippen LogP contribution in [-0.4, -0.2) is 11.6 Å². The lowest BCUT2D eigenvalue weighted by atomic mass is 10.0. The van der Waals surface area contributed by atoms with Gasteiger partial charge in [0.05, 0.1) is 0 Å². The summed E-state index contributed by atoms with van der Waals surface area (Å²) in [7, 11) is 0. The molecule has 0 aliphatic heterocycles. The summed E-state index contributed by atoms with van der Waals surface area (Å²) in [5.74, 6) is 0.665. The lowest BCUT2D eigenvalue weighted by Gasteiger charge is -2.03. The van der Waals surface area contributed by atoms with Gasteiger partial charge in [0.2, 0.25) is 0 Å². The molecule has 0 spiro atoms. The average molecular weight is 250 g/mol. The Bertz CT molecular complexity index is 279. The van der Waals surface area contributed by atoms with E-state index in [2.05, 4.69) is 12.2 Å². The van der Waals surface area contributed by atoms with Gasteiger partial charge in [-0.2, -0.15) is 0 Å². The summed E-state index contributed by atoms with van der Waals surface area (Å²) in [6.07, 6.45) is 15.6. The van der Waals surface area contributed by atoms with Crippen LogP contribution < -0.4 is 0 Å². The molecule has 18 heavy (non-hydrogen) atoms. The summed E-state index contributed by atoms with van der Waals surface area (Å²) in [5, 5.41) is 0. The van der Waals surface area contributed by atoms with Gasteiger partial charge in [-0.15, -0.1) is 0 Å². The van der Waals surface area contributed by atoms with Crippen LogP contribution in [0.2, 0.25) is 0 Å². The van der Waals surface area contributed by atoms with E-state index >= 15 is 0 Å². The van der Waals surface area contributed by atoms with Crippen molar-refractivity contribution >= 4 is 11.6 Å². The third-order valence-electron chi connectivity index (χ3n) is 3.48. The van der Waals surface area contributed by atoms with Crippen molar-refractivity contribution in [2.24, 2.45) is 0 Å². The fourth-order valence-electron chi connectivity index (χ4n) is 2.32. The second kappa shape index (κ2) is 10.0. The smallest absolute Gasteiger partial charge is 0.132 e. The first-order valence-corrected chi connectivity index (χ1v) is 7.47. The molecule has 0 atom stereocenters. The minimum Gasteiger partial charge on any atom is -0.300 e. The molecule has 0 bridgehead atoms. The maximum Gasteiger partial charge on any atom is 0.132 e. The van der Waals surface area contributed by atoms with Gasteiger partial charge in [0.15, 0.2) is 0 Å². The Hall–Kier alpha value is -0.920. The van der Waals surface area contributed by atoms with Crippen molar-refractivity contribution in [3.63, 3.8) is 0 Å². The van der Waals surface area contributed by atoms with E-state index in [0.717, 1.165) is 32.1 Å². The Kier molecular flexibility index (Phi) is 8.45. The number of Topliss-reactive ketones (excluding diaryl/α,β-unsaturated/α-hetero) is 2. The number of carbonyl (C=O) groups is 2. The number of hydrogen-bond donors (Lipinski definition) is 0. The molecule has 0 saturated carbocycles. The van der Waals surface area contributed by atoms with Crippen molar-refractivity contribution in [1.82, 2.24) is 0 Å². The highest BCUT2D eigenvalue weighted by atomic mass is 16.1. The van der Waals surface area contributed by atoms with Crippen molar-refractivity contribution in [2.45, 2.75) is 77.0 Å². The minimum atomic E-state index is 0.322. The Balaban J connectivity index is 2.29. The van der Waals surface area contributed by atoms with Crippen LogP contribution in [-0.2, 0) is 9.59 Å². The van der Waals surface area contributed by atoms with E-state index in [1.807, 2.05) is 0 Å². The normalized spacial score (nSPS) is 23.8. The standard InChI is InChI=1S/C16H26O2/c17-15-11-8-6-4-2-1-3-5-7-9-12-16(18)14-10-13-15/h2,4H,1,3,5-14H2/b4-2+. The molecule has 0 amide bonds. The number of rotatable bonds is 0. The molecule has 0 fully saturated rings. The van der Waals surface area contributed by atoms with Gasteiger partial charge >= 0.3 is 0 Å². The van der Waals surface area contributed by atoms with Crippen LogP contribution in [0.25, 0.3) is 0 Å². The monoisotopic (exact) mass is 250 g/mol. The van der Waals surface area contributed by atoms with E-state index < -0.39 is 0 Å². The zero-order valence-corrected chi connectivity index (χ0v) is 11.5. The maximum absolute atomic E-state index is 11.6. The number of allylic oxidation sites excluding steroid dienone is 2. The van der Waals surface area contributed by atoms with E-state index in [0.29, 0.717) is 37.2 Å². The molecule has 0 unspecified atom stereocenters. The first-order chi connectivity index (χ1) is 8.79. The zero-order valence-electron chi connectivity index (χ0n) is 11.5. The van der Waals surface area contributed by atoms with Crippen molar-refractivity contribution in [3.05, 3.63) is 12.2 Å². The van der Waals surface area contributed by atoms with Crippen LogP contribution >= 0.6 is 0 Å². The number of carbonyl (C=O) groups excluding carboxylic acids is 2. The van der Waals surface area contributed by atoms with Crippen molar-refractivity contribution in [1.29, 1.82) is 0 Å². The summed E-state index contributed by atoms with van der Waals surface area (Å²) < 4.78 is 0. The predicted octanol–water partition coefficient (Wildman–Crippen LogP) is 4.38. The van der Waals surface area contributed by atoms with E-state index in [4.69, 9.17) is 0 Å². The molecule has 1 aliphatic carbocycles. The second-order valence-corrected chi connectivity index (χ2v) is 5.25. The highest BCUT2D eigenvalue weighted by molar-refractivity contribution is 5.81. The topological polar surface area (TPSA) is 34.1 Å². The second-order valence-electron chi connectivity index (χ2n) is 5.25. The molecule has 1 aliphatic rings. The first kappa shape index (κ1) is 15.1. The fraction of sp³-hybridized carbons (Fsp3) is 0.750. The molecule has 0 aromatic heterocycles. The molecule has 0 heterocycles. The van der Waals surface area contributed by atoms with Crippen LogP contribution in [0.4, 0.5) is 0 Å². The van der Waals surface area contributed by atoms with Crippen molar-refractivity contribution in [2.75, 3.05) is 0 Å². The molecule has 0 aromatic carbocycles. The molecule has 0 radical (unpaired) electrons. The van der Waals surface area contributed by atoms with Gasteiger partial charge < -0.3 is 0 Å². The Labute approximate surface area is 111 Å². The Morgan fingerprint density at radius 1 is 0.556 bits per heavy atom. The summed E-state index contributed by atoms with van der Waals surface area (Å²) in [6, 6.07) is 0. The Morgan fingerprint density at radius 3 is 1.78 bits per heavy atom. The van der Waals surface area contributed by atoms with Gasteiger partial charge in [0, 0.05) is 25.7 Å². The molecule has 0 N–H and O–H groups in total. The lowest BCUT2D eigenvalue weighted by molar-refractivity contribution is -0.120. The molecular formula is C16H26O2. The zero-order chi connectivity index (χ0) is 13.1. The third kappa shape index (κ3) is 8.21. The largest absolute Gasteiger partial charge is 0.300 e. The van der Waals surface area contributed by atoms with Gasteiger partial charge in [0.1, 0.15) is 11.6 Å². The molecule has 102 valence electrons. The summed E-state index contributed by atoms with van der Waals surface area (Å²) >= 11 is 0. The van der Waals surface area contributed by atoms with Crippen LogP contribution in [0, 0.1) is 0 Å². The van der Waals surface area contributed by atoms with Crippen molar-refractivity contribution in [3.8, 4) is 0 Å². The molecule has 2 nitrogen and oxygen atoms in total. The summed E-state index contributed by atoms with van der Waals surface area (Å²) in [4.78, 5) is 23.1. The lowest BCUT2D eigenvalue weighted by Crippen LogP contribution is -2.02. The predicted molar refractivity (Wildman–Crippen MR) is 74.6 cm³/mol. The van der Waals surface area contributed by atoms with Crippen molar-refractivity contribution < 1.29 is 9.59 Å². The Morgan fingerprint density at radius 2 is 1.06 bits per heavy atom. The minimum absolute atomic E-state index is 0.322. The summed E-state index contributed by atoms with van der Waals surface area (Å²) in [6.45, 7) is 0.